The number of rotatable bonds is 2. The average molecular weight is 294 g/mol. The molecule has 4 atom stereocenters. The highest BCUT2D eigenvalue weighted by atomic mass is 16.6. The second-order valence-electron chi connectivity index (χ2n) is 5.34. The van der Waals surface area contributed by atoms with Crippen LogP contribution in [0.1, 0.15) is 12.6 Å². The van der Waals surface area contributed by atoms with E-state index in [1.54, 1.807) is 0 Å². The summed E-state index contributed by atoms with van der Waals surface area (Å²) >= 11 is 0. The van der Waals surface area contributed by atoms with E-state index in [1.807, 2.05) is 0 Å². The summed E-state index contributed by atoms with van der Waals surface area (Å²) in [6.45, 7) is 0.191. The van der Waals surface area contributed by atoms with Crippen LogP contribution in [-0.4, -0.2) is 60.8 Å². The van der Waals surface area contributed by atoms with Crippen molar-refractivity contribution in [3.05, 3.63) is 23.0 Å². The number of aliphatic hydroxyl groups excluding tert-OH is 2. The fourth-order valence-corrected chi connectivity index (χ4v) is 3.12. The minimum Gasteiger partial charge on any atom is -0.393 e. The van der Waals surface area contributed by atoms with Crippen LogP contribution in [0.2, 0.25) is 0 Å². The summed E-state index contributed by atoms with van der Waals surface area (Å²) in [6, 6.07) is 0. The van der Waals surface area contributed by atoms with Gasteiger partial charge >= 0.3 is 5.69 Å². The maximum Gasteiger partial charge on any atom is 0.346 e. The number of hydrogen-bond donors (Lipinski definition) is 3. The van der Waals surface area contributed by atoms with Crippen molar-refractivity contribution in [3.8, 4) is 0 Å². The van der Waals surface area contributed by atoms with Crippen LogP contribution in [0, 0.1) is 0 Å². The Bertz CT molecular complexity index is 743. The first kappa shape index (κ1) is 12.9. The zero-order valence-corrected chi connectivity index (χ0v) is 11.0. The fourth-order valence-electron chi connectivity index (χ4n) is 3.12. The van der Waals surface area contributed by atoms with Crippen molar-refractivity contribution in [3.63, 3.8) is 0 Å². The topological polar surface area (TPSA) is 122 Å². The number of nitrogens with one attached hydrogen (secondary N) is 1. The van der Waals surface area contributed by atoms with Crippen LogP contribution in [0.25, 0.3) is 11.2 Å². The van der Waals surface area contributed by atoms with Gasteiger partial charge in [0, 0.05) is 6.42 Å². The van der Waals surface area contributed by atoms with Gasteiger partial charge in [-0.2, -0.15) is 4.98 Å². The highest BCUT2D eigenvalue weighted by Crippen LogP contribution is 2.44. The van der Waals surface area contributed by atoms with Crippen LogP contribution in [0.4, 0.5) is 0 Å². The van der Waals surface area contributed by atoms with Crippen molar-refractivity contribution in [1.29, 1.82) is 0 Å². The summed E-state index contributed by atoms with van der Waals surface area (Å²) < 4.78 is 12.9. The Labute approximate surface area is 118 Å². The number of aliphatic hydroxyl groups is 2. The van der Waals surface area contributed by atoms with E-state index in [-0.39, 0.29) is 6.61 Å². The third kappa shape index (κ3) is 1.69. The largest absolute Gasteiger partial charge is 0.393 e. The van der Waals surface area contributed by atoms with E-state index in [0.29, 0.717) is 24.2 Å². The molecule has 0 saturated carbocycles. The average Bonchev–Trinajstić information content (AvgIpc) is 3.13. The first-order valence-corrected chi connectivity index (χ1v) is 6.65. The Hall–Kier alpha value is -1.81. The summed E-state index contributed by atoms with van der Waals surface area (Å²) in [5, 5.41) is 20.0. The molecule has 3 N–H and O–H groups in total. The third-order valence-electron chi connectivity index (χ3n) is 4.19. The van der Waals surface area contributed by atoms with E-state index >= 15 is 0 Å². The molecule has 2 aromatic rings. The lowest BCUT2D eigenvalue weighted by atomic mass is 9.95. The quantitative estimate of drug-likeness (QED) is 0.618. The number of fused-ring (bicyclic) bond motifs is 2. The normalized spacial score (nSPS) is 35.4. The maximum atomic E-state index is 11.4. The predicted molar refractivity (Wildman–Crippen MR) is 68.5 cm³/mol. The minimum atomic E-state index is -0.964. The molecular formula is C12H14N4O5. The lowest BCUT2D eigenvalue weighted by Crippen LogP contribution is -2.42. The number of H-pyrrole nitrogens is 1. The summed E-state index contributed by atoms with van der Waals surface area (Å²) in [7, 11) is 0. The highest BCUT2D eigenvalue weighted by Gasteiger charge is 2.58. The van der Waals surface area contributed by atoms with E-state index < -0.39 is 29.7 Å². The first-order chi connectivity index (χ1) is 10.1. The molecule has 9 heteroatoms. The molecule has 21 heavy (non-hydrogen) atoms. The second-order valence-corrected chi connectivity index (χ2v) is 5.34. The van der Waals surface area contributed by atoms with Gasteiger partial charge in [0.15, 0.2) is 6.23 Å². The van der Waals surface area contributed by atoms with Crippen molar-refractivity contribution in [2.75, 3.05) is 13.2 Å². The van der Waals surface area contributed by atoms with Crippen LogP contribution in [-0.2, 0) is 9.47 Å². The molecule has 0 amide bonds. The Kier molecular flexibility index (Phi) is 2.67. The number of imidazole rings is 1. The Balaban J connectivity index is 1.79. The lowest BCUT2D eigenvalue weighted by Gasteiger charge is -2.24. The van der Waals surface area contributed by atoms with Crippen LogP contribution < -0.4 is 5.69 Å². The molecule has 4 heterocycles. The van der Waals surface area contributed by atoms with Crippen LogP contribution in [0.3, 0.4) is 0 Å². The number of aromatic nitrogens is 4. The van der Waals surface area contributed by atoms with Gasteiger partial charge in [-0.05, 0) is 0 Å². The molecule has 112 valence electrons. The van der Waals surface area contributed by atoms with E-state index in [9.17, 15) is 15.0 Å². The highest BCUT2D eigenvalue weighted by molar-refractivity contribution is 5.69. The molecule has 0 unspecified atom stereocenters. The third-order valence-corrected chi connectivity index (χ3v) is 4.19. The van der Waals surface area contributed by atoms with Crippen molar-refractivity contribution in [2.24, 2.45) is 0 Å². The first-order valence-electron chi connectivity index (χ1n) is 6.65. The molecule has 2 aliphatic heterocycles. The molecule has 0 radical (unpaired) electrons. The Morgan fingerprint density at radius 1 is 1.52 bits per heavy atom. The molecule has 0 bridgehead atoms. The molecule has 2 aliphatic rings. The summed E-state index contributed by atoms with van der Waals surface area (Å²) in [5.41, 5.74) is -0.521. The van der Waals surface area contributed by atoms with E-state index in [0.717, 1.165) is 0 Å². The van der Waals surface area contributed by atoms with Crippen molar-refractivity contribution in [2.45, 2.75) is 30.5 Å². The molecule has 9 nitrogen and oxygen atoms in total. The zero-order valence-electron chi connectivity index (χ0n) is 11.0. The van der Waals surface area contributed by atoms with Gasteiger partial charge in [0.1, 0.15) is 29.0 Å². The van der Waals surface area contributed by atoms with Gasteiger partial charge in [-0.25, -0.2) is 9.78 Å². The van der Waals surface area contributed by atoms with Gasteiger partial charge in [0.2, 0.25) is 0 Å². The summed E-state index contributed by atoms with van der Waals surface area (Å²) in [6.07, 6.45) is 0.970. The molecular weight excluding hydrogens is 280 g/mol. The van der Waals surface area contributed by atoms with Crippen LogP contribution in [0.15, 0.2) is 17.3 Å². The number of ether oxygens (including phenoxy) is 2. The Morgan fingerprint density at radius 2 is 2.38 bits per heavy atom. The van der Waals surface area contributed by atoms with Gasteiger partial charge in [0.05, 0.1) is 25.7 Å². The second kappa shape index (κ2) is 4.34. The lowest BCUT2D eigenvalue weighted by molar-refractivity contribution is -0.108. The van der Waals surface area contributed by atoms with E-state index in [1.165, 1.54) is 17.1 Å². The van der Waals surface area contributed by atoms with Crippen LogP contribution >= 0.6 is 0 Å². The molecule has 0 aliphatic carbocycles. The number of hydrogen-bond acceptors (Lipinski definition) is 7. The molecule has 2 aromatic heterocycles. The minimum absolute atomic E-state index is 0.240. The van der Waals surface area contributed by atoms with Gasteiger partial charge in [0.25, 0.3) is 0 Å². The van der Waals surface area contributed by atoms with Gasteiger partial charge in [-0.1, -0.05) is 0 Å². The number of nitrogens with zero attached hydrogens (tertiary/aromatic N) is 3. The summed E-state index contributed by atoms with van der Waals surface area (Å²) in [4.78, 5) is 21.7. The van der Waals surface area contributed by atoms with Crippen molar-refractivity contribution >= 4 is 11.2 Å². The standard InChI is InChI=1S/C12H14N4O5/c17-4-12-1-2-20-8(12)7(18)10(21-12)16-5-14-6-3-13-11(19)15-9(6)16/h3,5,7-8,10,17-18H,1-2,4H2,(H,13,15,19)/t7-,8+,10-,12-/m1/s1. The molecule has 4 rings (SSSR count). The van der Waals surface area contributed by atoms with E-state index in [4.69, 9.17) is 9.47 Å². The molecule has 2 saturated heterocycles. The zero-order chi connectivity index (χ0) is 14.6. The predicted octanol–water partition coefficient (Wildman–Crippen LogP) is -1.47. The van der Waals surface area contributed by atoms with Gasteiger partial charge in [-0.3, -0.25) is 9.55 Å². The summed E-state index contributed by atoms with van der Waals surface area (Å²) in [5.74, 6) is 0. The van der Waals surface area contributed by atoms with Gasteiger partial charge in [-0.15, -0.1) is 0 Å². The fraction of sp³-hybridized carbons (Fsp3) is 0.583. The molecule has 0 aromatic carbocycles. The SMILES string of the molecule is O=c1ncc2ncn([C@@H]3O[C@@]4(CO)CCO[C@H]4[C@H]3O)c2[nH]1. The Morgan fingerprint density at radius 3 is 3.14 bits per heavy atom. The van der Waals surface area contributed by atoms with Crippen molar-refractivity contribution < 1.29 is 19.7 Å². The van der Waals surface area contributed by atoms with Crippen LogP contribution in [0.5, 0.6) is 0 Å². The smallest absolute Gasteiger partial charge is 0.346 e. The van der Waals surface area contributed by atoms with E-state index in [2.05, 4.69) is 15.0 Å². The van der Waals surface area contributed by atoms with Crippen molar-refractivity contribution in [1.82, 2.24) is 19.5 Å². The maximum absolute atomic E-state index is 11.4. The molecule has 2 fully saturated rings. The van der Waals surface area contributed by atoms with Gasteiger partial charge < -0.3 is 19.7 Å². The number of aromatic amines is 1. The monoisotopic (exact) mass is 294 g/mol. The molecule has 0 spiro atoms.